The van der Waals surface area contributed by atoms with Crippen molar-refractivity contribution < 1.29 is 9.66 Å². The molecule has 4 rings (SSSR count). The molecular formula is C10H11N3O3. The Labute approximate surface area is 92.0 Å². The number of aromatic nitrogens is 1. The Bertz CT molecular complexity index is 404. The van der Waals surface area contributed by atoms with E-state index in [1.807, 2.05) is 0 Å². The van der Waals surface area contributed by atoms with E-state index in [1.54, 1.807) is 6.07 Å². The van der Waals surface area contributed by atoms with Crippen LogP contribution in [0, 0.1) is 10.1 Å². The van der Waals surface area contributed by atoms with Crippen molar-refractivity contribution in [3.63, 3.8) is 0 Å². The van der Waals surface area contributed by atoms with Gasteiger partial charge in [-0.1, -0.05) is 0 Å². The molecule has 3 aliphatic heterocycles. The van der Waals surface area contributed by atoms with Crippen LogP contribution in [-0.2, 0) is 4.74 Å². The highest BCUT2D eigenvalue weighted by molar-refractivity contribution is 5.44. The number of pyridine rings is 1. The van der Waals surface area contributed by atoms with Crippen molar-refractivity contribution in [1.82, 2.24) is 4.98 Å². The van der Waals surface area contributed by atoms with Crippen LogP contribution in [0.3, 0.4) is 0 Å². The van der Waals surface area contributed by atoms with Crippen LogP contribution in [0.2, 0.25) is 0 Å². The Kier molecular flexibility index (Phi) is 2.03. The third-order valence-corrected chi connectivity index (χ3v) is 3.03. The molecule has 1 aromatic heterocycles. The van der Waals surface area contributed by atoms with Crippen molar-refractivity contribution in [3.05, 3.63) is 28.4 Å². The molecule has 1 aromatic rings. The Morgan fingerprint density at radius 3 is 2.62 bits per heavy atom. The van der Waals surface area contributed by atoms with Crippen molar-refractivity contribution in [2.45, 2.75) is 18.6 Å². The lowest BCUT2D eigenvalue weighted by Crippen LogP contribution is -2.57. The lowest BCUT2D eigenvalue weighted by molar-refractivity contribution is -0.385. The quantitative estimate of drug-likeness (QED) is 0.549. The first-order valence-corrected chi connectivity index (χ1v) is 5.23. The molecule has 0 aromatic carbocycles. The maximum Gasteiger partial charge on any atom is 0.287 e. The number of fused-ring (bicyclic) bond motifs is 2. The molecule has 84 valence electrons. The van der Waals surface area contributed by atoms with Crippen LogP contribution in [0.4, 0.5) is 11.5 Å². The van der Waals surface area contributed by atoms with Gasteiger partial charge in [-0.3, -0.25) is 10.1 Å². The summed E-state index contributed by atoms with van der Waals surface area (Å²) in [6.45, 7) is 1.67. The molecule has 2 atom stereocenters. The van der Waals surface area contributed by atoms with Crippen LogP contribution >= 0.6 is 0 Å². The summed E-state index contributed by atoms with van der Waals surface area (Å²) in [5.41, 5.74) is 0.0298. The van der Waals surface area contributed by atoms with Gasteiger partial charge in [0.15, 0.2) is 0 Å². The molecule has 3 aliphatic rings. The van der Waals surface area contributed by atoms with Crippen LogP contribution in [-0.4, -0.2) is 35.2 Å². The van der Waals surface area contributed by atoms with E-state index in [-0.39, 0.29) is 5.69 Å². The van der Waals surface area contributed by atoms with Gasteiger partial charge in [0.05, 0.1) is 17.1 Å². The third kappa shape index (κ3) is 1.51. The third-order valence-electron chi connectivity index (χ3n) is 3.03. The largest absolute Gasteiger partial charge is 0.371 e. The number of piperidine rings is 1. The highest BCUT2D eigenvalue weighted by Gasteiger charge is 2.38. The molecule has 3 saturated heterocycles. The molecule has 0 saturated carbocycles. The molecule has 3 fully saturated rings. The summed E-state index contributed by atoms with van der Waals surface area (Å²) < 4.78 is 5.51. The average Bonchev–Trinajstić information content (AvgIpc) is 2.28. The van der Waals surface area contributed by atoms with Gasteiger partial charge in [0.25, 0.3) is 5.69 Å². The van der Waals surface area contributed by atoms with Gasteiger partial charge in [0.1, 0.15) is 12.0 Å². The topological polar surface area (TPSA) is 68.5 Å². The number of rotatable bonds is 2. The Hall–Kier alpha value is -1.69. The molecule has 16 heavy (non-hydrogen) atoms. The van der Waals surface area contributed by atoms with E-state index in [4.69, 9.17) is 4.74 Å². The molecule has 0 N–H and O–H groups in total. The number of nitrogens with zero attached hydrogens (tertiary/aromatic N) is 3. The summed E-state index contributed by atoms with van der Waals surface area (Å²) in [6, 6.07) is 3.19. The number of ether oxygens (including phenoxy) is 1. The Balaban J connectivity index is 1.77. The van der Waals surface area contributed by atoms with Crippen LogP contribution in [0.15, 0.2) is 18.3 Å². The standard InChI is InChI=1S/C10H11N3O3/c14-13(15)7-1-2-10(11-4-7)12-5-8-3-9(6-12)16-8/h1-2,4,8-9H,3,5-6H2. The predicted octanol–water partition coefficient (Wildman–Crippen LogP) is 0.967. The van der Waals surface area contributed by atoms with Crippen molar-refractivity contribution in [3.8, 4) is 0 Å². The summed E-state index contributed by atoms with van der Waals surface area (Å²) in [4.78, 5) is 16.3. The zero-order valence-corrected chi connectivity index (χ0v) is 8.57. The monoisotopic (exact) mass is 221 g/mol. The minimum atomic E-state index is -0.437. The van der Waals surface area contributed by atoms with Gasteiger partial charge in [-0.25, -0.2) is 4.98 Å². The highest BCUT2D eigenvalue weighted by Crippen LogP contribution is 2.30. The second-order valence-corrected chi connectivity index (χ2v) is 4.15. The van der Waals surface area contributed by atoms with Gasteiger partial charge in [0.2, 0.25) is 0 Å². The van der Waals surface area contributed by atoms with E-state index < -0.39 is 4.92 Å². The van der Waals surface area contributed by atoms with Gasteiger partial charge in [-0.05, 0) is 6.07 Å². The Morgan fingerprint density at radius 1 is 1.44 bits per heavy atom. The predicted molar refractivity (Wildman–Crippen MR) is 56.4 cm³/mol. The fourth-order valence-electron chi connectivity index (χ4n) is 2.22. The normalized spacial score (nSPS) is 27.4. The van der Waals surface area contributed by atoms with E-state index in [9.17, 15) is 10.1 Å². The maximum atomic E-state index is 10.5. The summed E-state index contributed by atoms with van der Waals surface area (Å²) in [7, 11) is 0. The highest BCUT2D eigenvalue weighted by atomic mass is 16.6. The lowest BCUT2D eigenvalue weighted by Gasteiger charge is -2.47. The van der Waals surface area contributed by atoms with Crippen LogP contribution < -0.4 is 4.90 Å². The minimum absolute atomic E-state index is 0.0298. The Morgan fingerprint density at radius 2 is 2.12 bits per heavy atom. The zero-order chi connectivity index (χ0) is 11.1. The molecule has 0 spiro atoms. The molecule has 0 aliphatic carbocycles. The zero-order valence-electron chi connectivity index (χ0n) is 8.57. The molecule has 2 unspecified atom stereocenters. The van der Waals surface area contributed by atoms with E-state index >= 15 is 0 Å². The summed E-state index contributed by atoms with van der Waals surface area (Å²) in [5, 5.41) is 10.5. The fourth-order valence-corrected chi connectivity index (χ4v) is 2.22. The van der Waals surface area contributed by atoms with Crippen molar-refractivity contribution in [2.24, 2.45) is 0 Å². The average molecular weight is 221 g/mol. The van der Waals surface area contributed by atoms with E-state index in [1.165, 1.54) is 12.3 Å². The molecule has 6 heteroatoms. The number of hydrogen-bond donors (Lipinski definition) is 0. The molecule has 6 nitrogen and oxygen atoms in total. The molecule has 4 heterocycles. The van der Waals surface area contributed by atoms with Gasteiger partial charge in [-0.15, -0.1) is 0 Å². The first kappa shape index (κ1) is 9.53. The first-order chi connectivity index (χ1) is 7.72. The van der Waals surface area contributed by atoms with E-state index in [0.29, 0.717) is 12.2 Å². The van der Waals surface area contributed by atoms with Gasteiger partial charge in [-0.2, -0.15) is 0 Å². The second-order valence-electron chi connectivity index (χ2n) is 4.15. The summed E-state index contributed by atoms with van der Waals surface area (Å²) in [6.07, 6.45) is 3.06. The number of morpholine rings is 1. The smallest absolute Gasteiger partial charge is 0.287 e. The van der Waals surface area contributed by atoms with Crippen molar-refractivity contribution in [2.75, 3.05) is 18.0 Å². The van der Waals surface area contributed by atoms with Gasteiger partial charge in [0, 0.05) is 25.6 Å². The minimum Gasteiger partial charge on any atom is -0.371 e. The molecule has 2 bridgehead atoms. The number of anilines is 1. The second kappa shape index (κ2) is 3.41. The van der Waals surface area contributed by atoms with E-state index in [0.717, 1.165) is 25.3 Å². The van der Waals surface area contributed by atoms with Crippen LogP contribution in [0.1, 0.15) is 6.42 Å². The summed E-state index contributed by atoms with van der Waals surface area (Å²) in [5.74, 6) is 0.795. The van der Waals surface area contributed by atoms with Gasteiger partial charge >= 0.3 is 0 Å². The fraction of sp³-hybridized carbons (Fsp3) is 0.500. The lowest BCUT2D eigenvalue weighted by atomic mass is 9.99. The maximum absolute atomic E-state index is 10.5. The number of hydrogen-bond acceptors (Lipinski definition) is 5. The van der Waals surface area contributed by atoms with E-state index in [2.05, 4.69) is 9.88 Å². The van der Waals surface area contributed by atoms with Crippen molar-refractivity contribution in [1.29, 1.82) is 0 Å². The summed E-state index contributed by atoms with van der Waals surface area (Å²) >= 11 is 0. The SMILES string of the molecule is O=[N+]([O-])c1ccc(N2CC3CC(C2)O3)nc1. The number of nitro groups is 1. The molecular weight excluding hydrogens is 210 g/mol. The van der Waals surface area contributed by atoms with Crippen molar-refractivity contribution >= 4 is 11.5 Å². The van der Waals surface area contributed by atoms with Crippen LogP contribution in [0.5, 0.6) is 0 Å². The molecule has 0 radical (unpaired) electrons. The van der Waals surface area contributed by atoms with Crippen LogP contribution in [0.25, 0.3) is 0 Å². The first-order valence-electron chi connectivity index (χ1n) is 5.23. The van der Waals surface area contributed by atoms with Gasteiger partial charge < -0.3 is 9.64 Å². The molecule has 0 amide bonds.